The first-order chi connectivity index (χ1) is 17.2. The highest BCUT2D eigenvalue weighted by molar-refractivity contribution is 5.85. The van der Waals surface area contributed by atoms with Crippen molar-refractivity contribution >= 4 is 17.7 Å². The molecule has 6 atom stereocenters. The summed E-state index contributed by atoms with van der Waals surface area (Å²) in [6, 6.07) is 1.75. The smallest absolute Gasteiger partial charge is 0.308 e. The monoisotopic (exact) mass is 510 g/mol. The molecule has 0 bridgehead atoms. The molecule has 3 saturated carbocycles. The minimum absolute atomic E-state index is 0.0619. The molecule has 3 fully saturated rings. The van der Waals surface area contributed by atoms with Gasteiger partial charge >= 0.3 is 11.9 Å². The average molecular weight is 511 g/mol. The lowest BCUT2D eigenvalue weighted by atomic mass is 9.37. The first-order valence-corrected chi connectivity index (χ1v) is 13.9. The Morgan fingerprint density at radius 1 is 0.973 bits per heavy atom. The number of aryl methyl sites for hydroxylation is 1. The van der Waals surface area contributed by atoms with Gasteiger partial charge in [-0.2, -0.15) is 0 Å². The molecule has 1 aromatic rings. The second-order valence-corrected chi connectivity index (χ2v) is 13.4. The van der Waals surface area contributed by atoms with Crippen LogP contribution in [0.4, 0.5) is 0 Å². The van der Waals surface area contributed by atoms with Gasteiger partial charge in [0, 0.05) is 43.1 Å². The second kappa shape index (κ2) is 8.31. The summed E-state index contributed by atoms with van der Waals surface area (Å²) in [5, 5.41) is 0. The lowest BCUT2D eigenvalue weighted by Crippen LogP contribution is -2.68. The maximum Gasteiger partial charge on any atom is 0.308 e. The Balaban J connectivity index is 1.62. The number of Topliss-reactive ketones (excluding diaryl/α,β-unsaturated/α-hetero) is 1. The minimum Gasteiger partial charge on any atom is -0.485 e. The van der Waals surface area contributed by atoms with E-state index in [1.165, 1.54) is 13.8 Å². The van der Waals surface area contributed by atoms with Crippen molar-refractivity contribution in [2.75, 3.05) is 0 Å². The summed E-state index contributed by atoms with van der Waals surface area (Å²) in [5.74, 6) is 1.90. The summed E-state index contributed by atoms with van der Waals surface area (Å²) in [6.45, 7) is 16.1. The van der Waals surface area contributed by atoms with E-state index in [0.717, 1.165) is 49.0 Å². The number of ketones is 1. The van der Waals surface area contributed by atoms with E-state index in [2.05, 4.69) is 34.6 Å². The normalized spacial score (nSPS) is 37.7. The maximum atomic E-state index is 13.0. The van der Waals surface area contributed by atoms with Crippen LogP contribution in [0.25, 0.3) is 0 Å². The fourth-order valence-electron chi connectivity index (χ4n) is 9.40. The molecule has 0 N–H and O–H groups in total. The van der Waals surface area contributed by atoms with Crippen LogP contribution in [0.15, 0.2) is 6.07 Å². The lowest BCUT2D eigenvalue weighted by molar-refractivity contribution is -0.222. The van der Waals surface area contributed by atoms with Crippen LogP contribution < -0.4 is 14.2 Å². The number of benzene rings is 1. The van der Waals surface area contributed by atoms with Gasteiger partial charge in [0.2, 0.25) is 0 Å². The molecule has 5 rings (SSSR count). The van der Waals surface area contributed by atoms with Crippen molar-refractivity contribution < 1.29 is 28.6 Å². The van der Waals surface area contributed by atoms with E-state index >= 15 is 0 Å². The van der Waals surface area contributed by atoms with Gasteiger partial charge in [0.15, 0.2) is 11.5 Å². The van der Waals surface area contributed by atoms with Gasteiger partial charge < -0.3 is 14.2 Å². The van der Waals surface area contributed by atoms with Gasteiger partial charge in [-0.25, -0.2) is 0 Å². The van der Waals surface area contributed by atoms with Crippen LogP contribution in [0.2, 0.25) is 0 Å². The Bertz CT molecular complexity index is 1180. The molecule has 1 heterocycles. The van der Waals surface area contributed by atoms with Gasteiger partial charge in [0.25, 0.3) is 0 Å². The lowest BCUT2D eigenvalue weighted by Gasteiger charge is -2.68. The quantitative estimate of drug-likeness (QED) is 0.339. The molecule has 0 saturated heterocycles. The highest BCUT2D eigenvalue weighted by atomic mass is 16.6. The van der Waals surface area contributed by atoms with Crippen LogP contribution in [-0.4, -0.2) is 23.3 Å². The van der Waals surface area contributed by atoms with Crippen LogP contribution in [0.1, 0.15) is 98.1 Å². The highest BCUT2D eigenvalue weighted by Gasteiger charge is 2.70. The van der Waals surface area contributed by atoms with Gasteiger partial charge in [0.1, 0.15) is 17.1 Å². The molecule has 6 nitrogen and oxygen atoms in total. The number of esters is 2. The summed E-state index contributed by atoms with van der Waals surface area (Å²) in [5.41, 5.74) is 0.876. The SMILES string of the molecule is CC(=O)Oc1cc(C)c2c(c1OC(C)=O)C[C@]1(O2)[C@@H](C)CC[C@@H]2[C@@]3(C)CCC(=O)C(C)(C)[C@@H]3CC[C@]21C. The van der Waals surface area contributed by atoms with Crippen molar-refractivity contribution in [2.24, 2.45) is 34.0 Å². The van der Waals surface area contributed by atoms with E-state index in [-0.39, 0.29) is 22.0 Å². The van der Waals surface area contributed by atoms with Gasteiger partial charge in [-0.3, -0.25) is 14.4 Å². The standard InChI is InChI=1S/C31H42O6/c1-17-15-22(35-19(3)32)27(36-20(4)33)21-16-31(37-26(17)21)18(2)9-10-24-29(7)13-12-25(34)28(5,6)23(29)11-14-30(24,31)8/h15,18,23-24H,9-14,16H2,1-8H3/t18-,23-,24+,29-,30+,31-/m0/s1. The van der Waals surface area contributed by atoms with Crippen LogP contribution in [0.3, 0.4) is 0 Å². The minimum atomic E-state index is -0.466. The van der Waals surface area contributed by atoms with E-state index in [0.29, 0.717) is 42.1 Å². The van der Waals surface area contributed by atoms with Crippen LogP contribution in [0, 0.1) is 40.9 Å². The summed E-state index contributed by atoms with van der Waals surface area (Å²) in [6.07, 6.45) is 6.37. The third-order valence-electron chi connectivity index (χ3n) is 11.1. The molecule has 4 aliphatic rings. The Kier molecular flexibility index (Phi) is 5.90. The summed E-state index contributed by atoms with van der Waals surface area (Å²) >= 11 is 0. The van der Waals surface area contributed by atoms with E-state index in [4.69, 9.17) is 14.2 Å². The number of hydrogen-bond donors (Lipinski definition) is 0. The zero-order valence-electron chi connectivity index (χ0n) is 23.7. The molecule has 202 valence electrons. The fraction of sp³-hybridized carbons (Fsp3) is 0.710. The van der Waals surface area contributed by atoms with Crippen molar-refractivity contribution in [3.63, 3.8) is 0 Å². The zero-order chi connectivity index (χ0) is 27.1. The number of fused-ring (bicyclic) bond motifs is 5. The Morgan fingerprint density at radius 3 is 2.30 bits per heavy atom. The number of rotatable bonds is 2. The topological polar surface area (TPSA) is 78.9 Å². The molecule has 0 amide bonds. The largest absolute Gasteiger partial charge is 0.485 e. The predicted octanol–water partition coefficient (Wildman–Crippen LogP) is 6.38. The third kappa shape index (κ3) is 3.53. The van der Waals surface area contributed by atoms with Crippen molar-refractivity contribution in [1.82, 2.24) is 0 Å². The molecule has 0 radical (unpaired) electrons. The van der Waals surface area contributed by atoms with Crippen LogP contribution in [0.5, 0.6) is 17.2 Å². The van der Waals surface area contributed by atoms with Crippen LogP contribution in [-0.2, 0) is 20.8 Å². The average Bonchev–Trinajstić information content (AvgIpc) is 3.20. The molecular weight excluding hydrogens is 468 g/mol. The Hall–Kier alpha value is -2.37. The summed E-state index contributed by atoms with van der Waals surface area (Å²) in [7, 11) is 0. The molecule has 6 heteroatoms. The summed E-state index contributed by atoms with van der Waals surface area (Å²) in [4.78, 5) is 37.0. The Labute approximate surface area is 220 Å². The van der Waals surface area contributed by atoms with E-state index in [1.54, 1.807) is 6.07 Å². The van der Waals surface area contributed by atoms with E-state index in [1.807, 2.05) is 6.92 Å². The molecule has 0 aromatic heterocycles. The first-order valence-electron chi connectivity index (χ1n) is 13.9. The second-order valence-electron chi connectivity index (χ2n) is 13.4. The fourth-order valence-corrected chi connectivity index (χ4v) is 9.40. The molecule has 3 aliphatic carbocycles. The molecule has 1 spiro atoms. The first kappa shape index (κ1) is 26.2. The Morgan fingerprint density at radius 2 is 1.65 bits per heavy atom. The van der Waals surface area contributed by atoms with E-state index in [9.17, 15) is 14.4 Å². The van der Waals surface area contributed by atoms with Crippen molar-refractivity contribution in [1.29, 1.82) is 0 Å². The number of carbonyl (C=O) groups excluding carboxylic acids is 3. The maximum absolute atomic E-state index is 13.0. The molecule has 1 aromatic carbocycles. The van der Waals surface area contributed by atoms with Gasteiger partial charge in [-0.1, -0.05) is 34.6 Å². The van der Waals surface area contributed by atoms with E-state index < -0.39 is 17.5 Å². The highest BCUT2D eigenvalue weighted by Crippen LogP contribution is 2.72. The molecule has 0 unspecified atom stereocenters. The molecule has 1 aliphatic heterocycles. The predicted molar refractivity (Wildman–Crippen MR) is 140 cm³/mol. The van der Waals surface area contributed by atoms with Gasteiger partial charge in [-0.15, -0.1) is 0 Å². The van der Waals surface area contributed by atoms with Crippen LogP contribution >= 0.6 is 0 Å². The van der Waals surface area contributed by atoms with Crippen molar-refractivity contribution in [3.8, 4) is 17.2 Å². The van der Waals surface area contributed by atoms with Gasteiger partial charge in [-0.05, 0) is 73.8 Å². The van der Waals surface area contributed by atoms with Gasteiger partial charge in [0.05, 0.1) is 0 Å². The number of hydrogen-bond acceptors (Lipinski definition) is 6. The van der Waals surface area contributed by atoms with Crippen molar-refractivity contribution in [3.05, 3.63) is 17.2 Å². The number of carbonyl (C=O) groups is 3. The third-order valence-corrected chi connectivity index (χ3v) is 11.1. The summed E-state index contributed by atoms with van der Waals surface area (Å²) < 4.78 is 18.3. The molecule has 37 heavy (non-hydrogen) atoms. The molecular formula is C31H42O6. The zero-order valence-corrected chi connectivity index (χ0v) is 23.7. The van der Waals surface area contributed by atoms with Crippen molar-refractivity contribution in [2.45, 2.75) is 106 Å². The number of ether oxygens (including phenoxy) is 3.